The number of nitrogens with zero attached hydrogens (tertiary/aromatic N) is 1. The van der Waals surface area contributed by atoms with Crippen LogP contribution in [0.3, 0.4) is 0 Å². The average molecular weight is 432 g/mol. The number of hydrogen-bond acceptors (Lipinski definition) is 5. The number of ether oxygens (including phenoxy) is 1. The standard InChI is InChI=1S/C25H24N2O5/c1-15-6-10-18(11-7-15)26-21(28)14-32-25(31)17-8-12-19(13-9-17)27-23(29)20-5-3-4-16(2)22(20)24(27)30/h3-4,6-13,16,20,22H,5,14H2,1-2H3,(H,26,28)/t16-,20+,22-/m0/s1. The molecule has 7 nitrogen and oxygen atoms in total. The number of carbonyl (C=O) groups is 4. The third kappa shape index (κ3) is 4.19. The second-order valence-electron chi connectivity index (χ2n) is 8.20. The molecular formula is C25H24N2O5. The first-order valence-electron chi connectivity index (χ1n) is 10.5. The van der Waals surface area contributed by atoms with Gasteiger partial charge in [0.05, 0.1) is 23.1 Å². The monoisotopic (exact) mass is 432 g/mol. The Morgan fingerprint density at radius 3 is 2.38 bits per heavy atom. The van der Waals surface area contributed by atoms with Gasteiger partial charge in [-0.15, -0.1) is 0 Å². The molecule has 1 heterocycles. The summed E-state index contributed by atoms with van der Waals surface area (Å²) in [4.78, 5) is 51.2. The zero-order chi connectivity index (χ0) is 22.8. The predicted octanol–water partition coefficient (Wildman–Crippen LogP) is 3.49. The minimum Gasteiger partial charge on any atom is -0.452 e. The predicted molar refractivity (Wildman–Crippen MR) is 119 cm³/mol. The SMILES string of the molecule is Cc1ccc(NC(=O)COC(=O)c2ccc(N3C(=O)[C@H]4[C@@H](C)C=CC[C@H]4C3=O)cc2)cc1. The van der Waals surface area contributed by atoms with Crippen LogP contribution in [0.5, 0.6) is 0 Å². The second kappa shape index (κ2) is 8.78. The lowest BCUT2D eigenvalue weighted by molar-refractivity contribution is -0.123. The van der Waals surface area contributed by atoms with E-state index in [4.69, 9.17) is 4.74 Å². The van der Waals surface area contributed by atoms with Crippen LogP contribution in [0.15, 0.2) is 60.7 Å². The number of hydrogen-bond donors (Lipinski definition) is 1. The Morgan fingerprint density at radius 2 is 1.72 bits per heavy atom. The maximum atomic E-state index is 12.9. The Kier molecular flexibility index (Phi) is 5.90. The van der Waals surface area contributed by atoms with Crippen LogP contribution in [-0.2, 0) is 19.1 Å². The summed E-state index contributed by atoms with van der Waals surface area (Å²) < 4.78 is 5.08. The van der Waals surface area contributed by atoms with Gasteiger partial charge in [-0.25, -0.2) is 4.79 Å². The second-order valence-corrected chi connectivity index (χ2v) is 8.20. The molecule has 3 atom stereocenters. The van der Waals surface area contributed by atoms with E-state index in [9.17, 15) is 19.2 Å². The van der Waals surface area contributed by atoms with Gasteiger partial charge in [0.15, 0.2) is 6.61 Å². The number of imide groups is 1. The lowest BCUT2D eigenvalue weighted by Gasteiger charge is -2.22. The molecule has 4 rings (SSSR count). The highest BCUT2D eigenvalue weighted by Crippen LogP contribution is 2.40. The van der Waals surface area contributed by atoms with E-state index in [1.54, 1.807) is 24.3 Å². The molecule has 1 N–H and O–H groups in total. The maximum Gasteiger partial charge on any atom is 0.338 e. The fraction of sp³-hybridized carbons (Fsp3) is 0.280. The number of allylic oxidation sites excluding steroid dienone is 2. The molecule has 2 aromatic carbocycles. The number of carbonyl (C=O) groups excluding carboxylic acids is 4. The van der Waals surface area contributed by atoms with Gasteiger partial charge < -0.3 is 10.1 Å². The molecule has 164 valence electrons. The van der Waals surface area contributed by atoms with Crippen LogP contribution in [-0.4, -0.2) is 30.3 Å². The Labute approximate surface area is 186 Å². The molecular weight excluding hydrogens is 408 g/mol. The van der Waals surface area contributed by atoms with Crippen molar-refractivity contribution in [2.24, 2.45) is 17.8 Å². The van der Waals surface area contributed by atoms with Gasteiger partial charge in [0.25, 0.3) is 5.91 Å². The summed E-state index contributed by atoms with van der Waals surface area (Å²) in [6.07, 6.45) is 4.49. The first-order chi connectivity index (χ1) is 15.3. The van der Waals surface area contributed by atoms with Crippen molar-refractivity contribution in [1.82, 2.24) is 0 Å². The van der Waals surface area contributed by atoms with Crippen LogP contribution < -0.4 is 10.2 Å². The van der Waals surface area contributed by atoms with E-state index >= 15 is 0 Å². The highest BCUT2D eigenvalue weighted by Gasteiger charge is 2.50. The van der Waals surface area contributed by atoms with Gasteiger partial charge in [-0.1, -0.05) is 36.8 Å². The van der Waals surface area contributed by atoms with E-state index in [-0.39, 0.29) is 35.1 Å². The highest BCUT2D eigenvalue weighted by atomic mass is 16.5. The largest absolute Gasteiger partial charge is 0.452 e. The average Bonchev–Trinajstić information content (AvgIpc) is 3.05. The molecule has 3 amide bonds. The molecule has 2 aliphatic rings. The number of anilines is 2. The summed E-state index contributed by atoms with van der Waals surface area (Å²) in [7, 11) is 0. The molecule has 0 radical (unpaired) electrons. The summed E-state index contributed by atoms with van der Waals surface area (Å²) in [5.74, 6) is -2.20. The summed E-state index contributed by atoms with van der Waals surface area (Å²) in [6.45, 7) is 3.46. The smallest absolute Gasteiger partial charge is 0.338 e. The fourth-order valence-corrected chi connectivity index (χ4v) is 4.20. The zero-order valence-electron chi connectivity index (χ0n) is 17.9. The lowest BCUT2D eigenvalue weighted by atomic mass is 9.78. The van der Waals surface area contributed by atoms with Crippen LogP contribution in [0.2, 0.25) is 0 Å². The molecule has 7 heteroatoms. The van der Waals surface area contributed by atoms with Crippen LogP contribution >= 0.6 is 0 Å². The molecule has 1 fully saturated rings. The molecule has 0 aromatic heterocycles. The fourth-order valence-electron chi connectivity index (χ4n) is 4.20. The van der Waals surface area contributed by atoms with E-state index in [1.165, 1.54) is 17.0 Å². The van der Waals surface area contributed by atoms with Crippen molar-refractivity contribution in [2.75, 3.05) is 16.8 Å². The van der Waals surface area contributed by atoms with Crippen LogP contribution in [0, 0.1) is 24.7 Å². The van der Waals surface area contributed by atoms with E-state index in [1.807, 2.05) is 38.1 Å². The Bertz CT molecular complexity index is 1090. The molecule has 2 aromatic rings. The van der Waals surface area contributed by atoms with Crippen LogP contribution in [0.25, 0.3) is 0 Å². The van der Waals surface area contributed by atoms with Crippen molar-refractivity contribution in [3.8, 4) is 0 Å². The number of nitrogens with one attached hydrogen (secondary N) is 1. The molecule has 1 aliphatic heterocycles. The molecule has 0 saturated carbocycles. The highest BCUT2D eigenvalue weighted by molar-refractivity contribution is 6.22. The molecule has 1 aliphatic carbocycles. The van der Waals surface area contributed by atoms with Gasteiger partial charge >= 0.3 is 5.97 Å². The summed E-state index contributed by atoms with van der Waals surface area (Å²) >= 11 is 0. The van der Waals surface area contributed by atoms with Gasteiger partial charge in [-0.3, -0.25) is 19.3 Å². The van der Waals surface area contributed by atoms with Gasteiger partial charge in [-0.05, 0) is 55.7 Å². The van der Waals surface area contributed by atoms with Crippen LogP contribution in [0.4, 0.5) is 11.4 Å². The Hall–Kier alpha value is -3.74. The number of rotatable bonds is 5. The van der Waals surface area contributed by atoms with Crippen molar-refractivity contribution in [3.63, 3.8) is 0 Å². The number of esters is 1. The van der Waals surface area contributed by atoms with Crippen molar-refractivity contribution in [1.29, 1.82) is 0 Å². The van der Waals surface area contributed by atoms with Gasteiger partial charge in [0.1, 0.15) is 0 Å². The topological polar surface area (TPSA) is 92.8 Å². The van der Waals surface area contributed by atoms with Crippen molar-refractivity contribution >= 4 is 35.1 Å². The molecule has 0 unspecified atom stereocenters. The number of fused-ring (bicyclic) bond motifs is 1. The normalized spacial score (nSPS) is 21.9. The lowest BCUT2D eigenvalue weighted by Crippen LogP contribution is -2.31. The third-order valence-electron chi connectivity index (χ3n) is 5.90. The van der Waals surface area contributed by atoms with E-state index in [2.05, 4.69) is 5.32 Å². The first kappa shape index (κ1) is 21.5. The van der Waals surface area contributed by atoms with Crippen molar-refractivity contribution in [3.05, 3.63) is 71.8 Å². The quantitative estimate of drug-likeness (QED) is 0.444. The number of benzene rings is 2. The van der Waals surface area contributed by atoms with Gasteiger partial charge in [0.2, 0.25) is 11.8 Å². The molecule has 0 spiro atoms. The Balaban J connectivity index is 1.36. The summed E-state index contributed by atoms with van der Waals surface area (Å²) in [5.41, 5.74) is 2.34. The zero-order valence-corrected chi connectivity index (χ0v) is 17.9. The minimum atomic E-state index is -0.666. The Morgan fingerprint density at radius 1 is 1.03 bits per heavy atom. The van der Waals surface area contributed by atoms with Gasteiger partial charge in [-0.2, -0.15) is 0 Å². The van der Waals surface area contributed by atoms with E-state index < -0.39 is 18.5 Å². The summed E-state index contributed by atoms with van der Waals surface area (Å²) in [5, 5.41) is 2.66. The van der Waals surface area contributed by atoms with Crippen molar-refractivity contribution in [2.45, 2.75) is 20.3 Å². The third-order valence-corrected chi connectivity index (χ3v) is 5.90. The first-order valence-corrected chi connectivity index (χ1v) is 10.5. The molecule has 1 saturated heterocycles. The van der Waals surface area contributed by atoms with Crippen LogP contribution in [0.1, 0.15) is 29.3 Å². The van der Waals surface area contributed by atoms with Gasteiger partial charge in [0, 0.05) is 5.69 Å². The summed E-state index contributed by atoms with van der Waals surface area (Å²) in [6, 6.07) is 13.3. The van der Waals surface area contributed by atoms with Crippen molar-refractivity contribution < 1.29 is 23.9 Å². The van der Waals surface area contributed by atoms with E-state index in [0.717, 1.165) is 5.56 Å². The maximum absolute atomic E-state index is 12.9. The van der Waals surface area contributed by atoms with E-state index in [0.29, 0.717) is 17.8 Å². The minimum absolute atomic E-state index is 0.00973. The molecule has 0 bridgehead atoms. The number of aryl methyl sites for hydroxylation is 1. The number of amides is 3. The molecule has 32 heavy (non-hydrogen) atoms.